The van der Waals surface area contributed by atoms with Crippen LogP contribution in [0.5, 0.6) is 0 Å². The third-order valence-electron chi connectivity index (χ3n) is 12.6. The largest absolute Gasteiger partial charge is 0.325 e. The number of fused-ring (bicyclic) bond motifs is 7. The lowest BCUT2D eigenvalue weighted by molar-refractivity contribution is -0.181. The van der Waals surface area contributed by atoms with Crippen molar-refractivity contribution in [1.29, 1.82) is 0 Å². The Morgan fingerprint density at radius 3 is 2.17 bits per heavy atom. The van der Waals surface area contributed by atoms with Crippen LogP contribution in [-0.2, 0) is 0 Å². The van der Waals surface area contributed by atoms with Crippen LogP contribution in [0.25, 0.3) is 0 Å². The molecule has 1 unspecified atom stereocenters. The van der Waals surface area contributed by atoms with Crippen molar-refractivity contribution in [2.45, 2.75) is 123 Å². The standard InChI is InChI=1S/C28H50N2/c1-18(2)19-10-14-25(5)16-17-26(6)20(23(19)25)8-9-22-27(29)13-7-12-24(3,4)21(27)11-15-28(22,26)30/h18-23H,7-17,29-30H2,1-6H3/t19-,20?,21-,22+,23+,25+,26+,27+,28-/m0/s1. The van der Waals surface area contributed by atoms with Crippen molar-refractivity contribution in [3.05, 3.63) is 0 Å². The lowest BCUT2D eigenvalue weighted by Crippen LogP contribution is -2.78. The van der Waals surface area contributed by atoms with Crippen LogP contribution >= 0.6 is 0 Å². The first-order valence-corrected chi connectivity index (χ1v) is 13.5. The van der Waals surface area contributed by atoms with Crippen LogP contribution in [0.2, 0.25) is 0 Å². The molecule has 172 valence electrons. The van der Waals surface area contributed by atoms with Crippen LogP contribution in [0.1, 0.15) is 112 Å². The van der Waals surface area contributed by atoms with Gasteiger partial charge in [0.05, 0.1) is 0 Å². The Labute approximate surface area is 186 Å². The highest BCUT2D eigenvalue weighted by Gasteiger charge is 2.70. The van der Waals surface area contributed by atoms with E-state index in [9.17, 15) is 0 Å². The Balaban J connectivity index is 1.54. The van der Waals surface area contributed by atoms with Gasteiger partial charge in [-0.2, -0.15) is 0 Å². The lowest BCUT2D eigenvalue weighted by Gasteiger charge is -2.72. The number of rotatable bonds is 1. The zero-order valence-electron chi connectivity index (χ0n) is 20.9. The second kappa shape index (κ2) is 6.49. The van der Waals surface area contributed by atoms with Gasteiger partial charge in [0.25, 0.3) is 0 Å². The minimum absolute atomic E-state index is 0.0311. The number of nitrogens with two attached hydrogens (primary N) is 2. The zero-order chi connectivity index (χ0) is 21.7. The Morgan fingerprint density at radius 2 is 1.47 bits per heavy atom. The van der Waals surface area contributed by atoms with Crippen LogP contribution in [-0.4, -0.2) is 11.1 Å². The lowest BCUT2D eigenvalue weighted by atomic mass is 9.36. The average Bonchev–Trinajstić information content (AvgIpc) is 2.99. The average molecular weight is 415 g/mol. The van der Waals surface area contributed by atoms with Crippen LogP contribution in [0, 0.1) is 51.8 Å². The summed E-state index contributed by atoms with van der Waals surface area (Å²) in [7, 11) is 0. The van der Waals surface area contributed by atoms with Crippen LogP contribution in [0.3, 0.4) is 0 Å². The van der Waals surface area contributed by atoms with E-state index in [1.807, 2.05) is 0 Å². The van der Waals surface area contributed by atoms with E-state index in [4.69, 9.17) is 11.5 Å². The molecule has 0 heterocycles. The van der Waals surface area contributed by atoms with Gasteiger partial charge in [-0.1, -0.05) is 48.0 Å². The second-order valence-electron chi connectivity index (χ2n) is 14.4. The van der Waals surface area contributed by atoms with Crippen LogP contribution < -0.4 is 11.5 Å². The zero-order valence-corrected chi connectivity index (χ0v) is 20.9. The molecule has 0 aromatic rings. The quantitative estimate of drug-likeness (QED) is 0.513. The Bertz CT molecular complexity index is 699. The van der Waals surface area contributed by atoms with Gasteiger partial charge in [0, 0.05) is 11.1 Å². The number of hydrogen-bond acceptors (Lipinski definition) is 2. The smallest absolute Gasteiger partial charge is 0.0257 e. The molecule has 0 amide bonds. The first kappa shape index (κ1) is 21.7. The molecule has 9 atom stereocenters. The van der Waals surface area contributed by atoms with Crippen LogP contribution in [0.4, 0.5) is 0 Å². The predicted octanol–water partition coefficient (Wildman–Crippen LogP) is 6.52. The van der Waals surface area contributed by atoms with E-state index >= 15 is 0 Å². The molecule has 0 aliphatic heterocycles. The molecule has 0 aromatic carbocycles. The van der Waals surface area contributed by atoms with Gasteiger partial charge in [-0.05, 0) is 116 Å². The molecule has 5 rings (SSSR count). The summed E-state index contributed by atoms with van der Waals surface area (Å²) in [5.41, 5.74) is 16.3. The molecule has 0 spiro atoms. The number of hydrogen-bond donors (Lipinski definition) is 2. The Morgan fingerprint density at radius 1 is 0.733 bits per heavy atom. The summed E-state index contributed by atoms with van der Waals surface area (Å²) in [4.78, 5) is 0. The van der Waals surface area contributed by atoms with Gasteiger partial charge in [0.1, 0.15) is 0 Å². The molecule has 5 aliphatic rings. The van der Waals surface area contributed by atoms with Gasteiger partial charge < -0.3 is 11.5 Å². The predicted molar refractivity (Wildman–Crippen MR) is 127 cm³/mol. The summed E-state index contributed by atoms with van der Waals surface area (Å²) >= 11 is 0. The molecule has 0 saturated heterocycles. The van der Waals surface area contributed by atoms with E-state index in [2.05, 4.69) is 41.5 Å². The van der Waals surface area contributed by atoms with Gasteiger partial charge in [-0.3, -0.25) is 0 Å². The van der Waals surface area contributed by atoms with Crippen molar-refractivity contribution < 1.29 is 0 Å². The minimum atomic E-state index is -0.0555. The van der Waals surface area contributed by atoms with Gasteiger partial charge in [0.15, 0.2) is 0 Å². The maximum Gasteiger partial charge on any atom is 0.0257 e. The summed E-state index contributed by atoms with van der Waals surface area (Å²) in [6, 6.07) is 0. The normalized spacial score (nSPS) is 57.3. The Hall–Kier alpha value is -0.0800. The van der Waals surface area contributed by atoms with Crippen molar-refractivity contribution >= 4 is 0 Å². The second-order valence-corrected chi connectivity index (χ2v) is 14.4. The SMILES string of the molecule is CC(C)[C@@H]1CC[C@]2(C)CC[C@]3(C)C(CC[C@@H]4[C@@]5(N)CCCC(C)(C)[C@@H]5CC[C@]43N)[C@@H]12. The molecule has 5 fully saturated rings. The maximum atomic E-state index is 7.70. The third-order valence-corrected chi connectivity index (χ3v) is 12.6. The van der Waals surface area contributed by atoms with E-state index in [-0.39, 0.29) is 16.5 Å². The Kier molecular flexibility index (Phi) is 4.71. The summed E-state index contributed by atoms with van der Waals surface area (Å²) < 4.78 is 0. The van der Waals surface area contributed by atoms with E-state index in [0.717, 1.165) is 23.7 Å². The summed E-state index contributed by atoms with van der Waals surface area (Å²) in [5, 5.41) is 0. The van der Waals surface area contributed by atoms with Gasteiger partial charge >= 0.3 is 0 Å². The first-order chi connectivity index (χ1) is 13.9. The molecular formula is C28H50N2. The molecular weight excluding hydrogens is 364 g/mol. The van der Waals surface area contributed by atoms with Gasteiger partial charge in [0.2, 0.25) is 0 Å². The van der Waals surface area contributed by atoms with Crippen molar-refractivity contribution in [3.8, 4) is 0 Å². The molecule has 2 heteroatoms. The monoisotopic (exact) mass is 414 g/mol. The summed E-state index contributed by atoms with van der Waals surface area (Å²) in [6.07, 6.45) is 14.6. The maximum absolute atomic E-state index is 7.70. The fraction of sp³-hybridized carbons (Fsp3) is 1.00. The fourth-order valence-corrected chi connectivity index (χ4v) is 11.0. The van der Waals surface area contributed by atoms with E-state index in [0.29, 0.717) is 22.7 Å². The highest BCUT2D eigenvalue weighted by Crippen LogP contribution is 2.72. The molecule has 5 saturated carbocycles. The molecule has 4 N–H and O–H groups in total. The van der Waals surface area contributed by atoms with Crippen molar-refractivity contribution in [2.75, 3.05) is 0 Å². The van der Waals surface area contributed by atoms with E-state index < -0.39 is 0 Å². The molecule has 0 aromatic heterocycles. The molecule has 0 radical (unpaired) electrons. The highest BCUT2D eigenvalue weighted by atomic mass is 15.0. The minimum Gasteiger partial charge on any atom is -0.325 e. The topological polar surface area (TPSA) is 52.0 Å². The van der Waals surface area contributed by atoms with Crippen molar-refractivity contribution in [2.24, 2.45) is 63.2 Å². The first-order valence-electron chi connectivity index (χ1n) is 13.5. The molecule has 0 bridgehead atoms. The molecule has 2 nitrogen and oxygen atoms in total. The van der Waals surface area contributed by atoms with Crippen molar-refractivity contribution in [3.63, 3.8) is 0 Å². The highest BCUT2D eigenvalue weighted by molar-refractivity contribution is 5.24. The van der Waals surface area contributed by atoms with Crippen LogP contribution in [0.15, 0.2) is 0 Å². The summed E-state index contributed by atoms with van der Waals surface area (Å²) in [5.74, 6) is 4.58. The molecule has 5 aliphatic carbocycles. The van der Waals surface area contributed by atoms with Crippen molar-refractivity contribution in [1.82, 2.24) is 0 Å². The van der Waals surface area contributed by atoms with E-state index in [1.54, 1.807) is 0 Å². The van der Waals surface area contributed by atoms with E-state index in [1.165, 1.54) is 70.6 Å². The van der Waals surface area contributed by atoms with Gasteiger partial charge in [-0.15, -0.1) is 0 Å². The molecule has 30 heavy (non-hydrogen) atoms. The fourth-order valence-electron chi connectivity index (χ4n) is 11.0. The van der Waals surface area contributed by atoms with Gasteiger partial charge in [-0.25, -0.2) is 0 Å². The summed E-state index contributed by atoms with van der Waals surface area (Å²) in [6.45, 7) is 15.2. The third kappa shape index (κ3) is 2.56.